The molecule has 0 bridgehead atoms. The summed E-state index contributed by atoms with van der Waals surface area (Å²) < 4.78 is 28.2. The lowest BCUT2D eigenvalue weighted by Gasteiger charge is -2.10. The molecule has 9 nitrogen and oxygen atoms in total. The van der Waals surface area contributed by atoms with Crippen LogP contribution in [0.1, 0.15) is 38.3 Å². The molecule has 0 saturated heterocycles. The molecule has 0 atom stereocenters. The molecular weight excluding hydrogens is 489 g/mol. The van der Waals surface area contributed by atoms with Crippen molar-refractivity contribution in [1.82, 2.24) is 19.7 Å². The van der Waals surface area contributed by atoms with E-state index in [0.29, 0.717) is 18.8 Å². The van der Waals surface area contributed by atoms with Gasteiger partial charge in [-0.2, -0.15) is 10.4 Å². The van der Waals surface area contributed by atoms with E-state index in [4.69, 9.17) is 9.47 Å². The van der Waals surface area contributed by atoms with Gasteiger partial charge in [0.05, 0.1) is 44.0 Å². The molecule has 0 unspecified atom stereocenters. The van der Waals surface area contributed by atoms with Crippen LogP contribution in [0.5, 0.6) is 5.75 Å². The van der Waals surface area contributed by atoms with E-state index in [0.717, 1.165) is 11.1 Å². The number of carbonyl (C=O) groups is 1. The standard InChI is InChI=1S/C28H26FN5O4/c1-37-18-24-23(28(36)31-14-22-21(13-30)10-11-25(38-2)27(22)29)17-34(32-24)16-20-8-6-19(7-9-20)15-33-12-4-3-5-26(33)35/h3-12,17H,14-16,18H2,1-2H3,(H,31,36). The second-order valence-electron chi connectivity index (χ2n) is 8.51. The van der Waals surface area contributed by atoms with Crippen LogP contribution in [-0.4, -0.2) is 34.5 Å². The van der Waals surface area contributed by atoms with E-state index in [-0.39, 0.29) is 41.2 Å². The number of ether oxygens (including phenoxy) is 2. The van der Waals surface area contributed by atoms with E-state index in [1.54, 1.807) is 27.7 Å². The number of nitrogens with one attached hydrogen (secondary N) is 1. The van der Waals surface area contributed by atoms with Gasteiger partial charge in [-0.05, 0) is 29.3 Å². The highest BCUT2D eigenvalue weighted by Gasteiger charge is 2.19. The van der Waals surface area contributed by atoms with Gasteiger partial charge in [0.25, 0.3) is 11.5 Å². The SMILES string of the molecule is COCc1nn(Cc2ccc(Cn3ccccc3=O)cc2)cc1C(=O)NCc1c(C#N)ccc(OC)c1F. The molecule has 2 aromatic heterocycles. The number of carbonyl (C=O) groups excluding carboxylic acids is 1. The fourth-order valence-corrected chi connectivity index (χ4v) is 4.00. The summed E-state index contributed by atoms with van der Waals surface area (Å²) in [5.41, 5.74) is 2.72. The van der Waals surface area contributed by atoms with Crippen LogP contribution in [0.25, 0.3) is 0 Å². The maximum Gasteiger partial charge on any atom is 0.255 e. The number of rotatable bonds is 10. The van der Waals surface area contributed by atoms with Crippen LogP contribution in [0.2, 0.25) is 0 Å². The topological polar surface area (TPSA) is 111 Å². The third-order valence-electron chi connectivity index (χ3n) is 5.96. The maximum absolute atomic E-state index is 14.7. The molecule has 1 N–H and O–H groups in total. The zero-order valence-corrected chi connectivity index (χ0v) is 21.0. The van der Waals surface area contributed by atoms with Gasteiger partial charge in [-0.3, -0.25) is 14.3 Å². The number of methoxy groups -OCH3 is 2. The maximum atomic E-state index is 14.7. The van der Waals surface area contributed by atoms with Crippen LogP contribution >= 0.6 is 0 Å². The third-order valence-corrected chi connectivity index (χ3v) is 5.96. The van der Waals surface area contributed by atoms with E-state index in [9.17, 15) is 19.2 Å². The van der Waals surface area contributed by atoms with Gasteiger partial charge in [0.2, 0.25) is 0 Å². The smallest absolute Gasteiger partial charge is 0.255 e. The summed E-state index contributed by atoms with van der Waals surface area (Å²) in [4.78, 5) is 25.0. The molecule has 0 spiro atoms. The van der Waals surface area contributed by atoms with E-state index >= 15 is 0 Å². The number of nitriles is 1. The lowest BCUT2D eigenvalue weighted by Crippen LogP contribution is -2.24. The van der Waals surface area contributed by atoms with Crippen molar-refractivity contribution in [3.05, 3.63) is 117 Å². The van der Waals surface area contributed by atoms with Crippen molar-refractivity contribution in [2.75, 3.05) is 14.2 Å². The Kier molecular flexibility index (Phi) is 8.30. The first kappa shape index (κ1) is 26.3. The Hall–Kier alpha value is -4.75. The monoisotopic (exact) mass is 515 g/mol. The molecule has 0 aliphatic heterocycles. The largest absolute Gasteiger partial charge is 0.494 e. The van der Waals surface area contributed by atoms with E-state index < -0.39 is 11.7 Å². The van der Waals surface area contributed by atoms with Crippen LogP contribution in [0.15, 0.2) is 71.8 Å². The van der Waals surface area contributed by atoms with Crippen LogP contribution in [0, 0.1) is 17.1 Å². The molecule has 1 amide bonds. The molecule has 194 valence electrons. The Labute approximate surface area is 218 Å². The summed E-state index contributed by atoms with van der Waals surface area (Å²) in [5.74, 6) is -1.18. The summed E-state index contributed by atoms with van der Waals surface area (Å²) in [7, 11) is 2.83. The van der Waals surface area contributed by atoms with E-state index in [1.807, 2.05) is 36.4 Å². The minimum Gasteiger partial charge on any atom is -0.494 e. The molecule has 0 aliphatic carbocycles. The summed E-state index contributed by atoms with van der Waals surface area (Å²) in [6.07, 6.45) is 3.35. The number of benzene rings is 2. The Balaban J connectivity index is 1.48. The minimum absolute atomic E-state index is 0.0111. The first-order chi connectivity index (χ1) is 18.4. The molecule has 10 heteroatoms. The fourth-order valence-electron chi connectivity index (χ4n) is 4.00. The Morgan fingerprint density at radius 3 is 2.47 bits per heavy atom. The summed E-state index contributed by atoms with van der Waals surface area (Å²) in [6.45, 7) is 0.774. The van der Waals surface area contributed by atoms with Crippen LogP contribution in [0.3, 0.4) is 0 Å². The second kappa shape index (κ2) is 12.0. The molecule has 2 heterocycles. The highest BCUT2D eigenvalue weighted by Crippen LogP contribution is 2.23. The number of halogens is 1. The van der Waals surface area contributed by atoms with Crippen molar-refractivity contribution in [3.63, 3.8) is 0 Å². The molecule has 0 aliphatic rings. The highest BCUT2D eigenvalue weighted by molar-refractivity contribution is 5.95. The van der Waals surface area contributed by atoms with E-state index in [1.165, 1.54) is 32.4 Å². The Bertz CT molecular complexity index is 1540. The molecule has 4 rings (SSSR count). The summed E-state index contributed by atoms with van der Waals surface area (Å²) in [5, 5.41) is 16.5. The predicted molar refractivity (Wildman–Crippen MR) is 137 cm³/mol. The molecule has 38 heavy (non-hydrogen) atoms. The quantitative estimate of drug-likeness (QED) is 0.347. The van der Waals surface area contributed by atoms with Gasteiger partial charge in [-0.25, -0.2) is 4.39 Å². The molecular formula is C28H26FN5O4. The first-order valence-electron chi connectivity index (χ1n) is 11.8. The molecule has 2 aromatic carbocycles. The zero-order chi connectivity index (χ0) is 27.1. The average Bonchev–Trinajstić information content (AvgIpc) is 3.32. The lowest BCUT2D eigenvalue weighted by atomic mass is 10.1. The number of hydrogen-bond acceptors (Lipinski definition) is 6. The van der Waals surface area contributed by atoms with E-state index in [2.05, 4.69) is 10.4 Å². The van der Waals surface area contributed by atoms with Gasteiger partial charge in [0, 0.05) is 37.7 Å². The summed E-state index contributed by atoms with van der Waals surface area (Å²) >= 11 is 0. The number of aromatic nitrogens is 3. The van der Waals surface area contributed by atoms with Crippen molar-refractivity contribution in [3.8, 4) is 11.8 Å². The van der Waals surface area contributed by atoms with Crippen molar-refractivity contribution in [2.45, 2.75) is 26.2 Å². The van der Waals surface area contributed by atoms with Gasteiger partial charge in [-0.1, -0.05) is 30.3 Å². The molecule has 0 radical (unpaired) electrons. The third kappa shape index (κ3) is 5.96. The number of pyridine rings is 1. The Morgan fingerprint density at radius 2 is 1.82 bits per heavy atom. The average molecular weight is 516 g/mol. The van der Waals surface area contributed by atoms with Gasteiger partial charge in [0.15, 0.2) is 11.6 Å². The lowest BCUT2D eigenvalue weighted by molar-refractivity contribution is 0.0945. The van der Waals surface area contributed by atoms with Gasteiger partial charge in [-0.15, -0.1) is 0 Å². The van der Waals surface area contributed by atoms with Gasteiger partial charge >= 0.3 is 0 Å². The number of amides is 1. The summed E-state index contributed by atoms with van der Waals surface area (Å²) in [6, 6.07) is 17.6. The van der Waals surface area contributed by atoms with Gasteiger partial charge in [0.1, 0.15) is 5.69 Å². The van der Waals surface area contributed by atoms with Crippen LogP contribution < -0.4 is 15.6 Å². The van der Waals surface area contributed by atoms with Crippen molar-refractivity contribution >= 4 is 5.91 Å². The molecule has 4 aromatic rings. The molecule has 0 saturated carbocycles. The Morgan fingerprint density at radius 1 is 1.08 bits per heavy atom. The normalized spacial score (nSPS) is 10.7. The minimum atomic E-state index is -0.694. The van der Waals surface area contributed by atoms with Gasteiger partial charge < -0.3 is 19.4 Å². The number of hydrogen-bond donors (Lipinski definition) is 1. The van der Waals surface area contributed by atoms with Crippen molar-refractivity contribution in [1.29, 1.82) is 5.26 Å². The van der Waals surface area contributed by atoms with Crippen LogP contribution in [0.4, 0.5) is 4.39 Å². The second-order valence-corrected chi connectivity index (χ2v) is 8.51. The number of nitrogens with zero attached hydrogens (tertiary/aromatic N) is 4. The highest BCUT2D eigenvalue weighted by atomic mass is 19.1. The van der Waals surface area contributed by atoms with Crippen molar-refractivity contribution < 1.29 is 18.7 Å². The van der Waals surface area contributed by atoms with Crippen LogP contribution in [-0.2, 0) is 31.0 Å². The van der Waals surface area contributed by atoms with Crippen molar-refractivity contribution in [2.24, 2.45) is 0 Å². The first-order valence-corrected chi connectivity index (χ1v) is 11.8. The zero-order valence-electron chi connectivity index (χ0n) is 21.0. The molecule has 0 fully saturated rings. The fraction of sp³-hybridized carbons (Fsp3) is 0.214. The predicted octanol–water partition coefficient (Wildman–Crippen LogP) is 3.24.